The summed E-state index contributed by atoms with van der Waals surface area (Å²) in [4.78, 5) is 31.4. The first-order valence-electron chi connectivity index (χ1n) is 8.22. The molecule has 1 N–H and O–H groups in total. The number of nitrogens with one attached hydrogen (secondary N) is 1. The van der Waals surface area contributed by atoms with E-state index in [9.17, 15) is 18.0 Å². The molecule has 0 bridgehead atoms. The monoisotopic (exact) mass is 374 g/mol. The fourth-order valence-electron chi connectivity index (χ4n) is 3.49. The fraction of sp³-hybridized carbons (Fsp3) is 0.353. The summed E-state index contributed by atoms with van der Waals surface area (Å²) in [7, 11) is -2.09. The molecule has 0 fully saturated rings. The fourth-order valence-corrected chi connectivity index (χ4v) is 4.93. The first kappa shape index (κ1) is 16.9. The minimum Gasteiger partial charge on any atom is -0.331 e. The molecule has 0 saturated heterocycles. The van der Waals surface area contributed by atoms with Crippen LogP contribution in [0.4, 0.5) is 0 Å². The highest BCUT2D eigenvalue weighted by molar-refractivity contribution is 7.89. The average Bonchev–Trinajstić information content (AvgIpc) is 3.02. The van der Waals surface area contributed by atoms with Crippen LogP contribution < -0.4 is 10.3 Å². The van der Waals surface area contributed by atoms with E-state index in [-0.39, 0.29) is 35.9 Å². The third-order valence-electron chi connectivity index (χ3n) is 4.98. The summed E-state index contributed by atoms with van der Waals surface area (Å²) in [5.74, 6) is 0.233. The number of nitrogens with zero attached hydrogens (tertiary/aromatic N) is 3. The van der Waals surface area contributed by atoms with Gasteiger partial charge in [-0.2, -0.15) is 4.72 Å². The van der Waals surface area contributed by atoms with Crippen LogP contribution in [-0.4, -0.2) is 34.8 Å². The highest BCUT2D eigenvalue weighted by Gasteiger charge is 2.38. The van der Waals surface area contributed by atoms with Gasteiger partial charge in [0.1, 0.15) is 11.9 Å². The number of carbonyl (C=O) groups is 1. The summed E-state index contributed by atoms with van der Waals surface area (Å²) in [5.41, 5.74) is 1.52. The third kappa shape index (κ3) is 2.55. The highest BCUT2D eigenvalue weighted by Crippen LogP contribution is 2.25. The molecule has 0 spiro atoms. The Bertz CT molecular complexity index is 1090. The van der Waals surface area contributed by atoms with E-state index >= 15 is 0 Å². The minimum atomic E-state index is -3.73. The lowest BCUT2D eigenvalue weighted by Gasteiger charge is -2.28. The Kier molecular flexibility index (Phi) is 3.74. The van der Waals surface area contributed by atoms with Gasteiger partial charge in [-0.1, -0.05) is 18.2 Å². The van der Waals surface area contributed by atoms with Gasteiger partial charge in [0.15, 0.2) is 0 Å². The predicted octanol–water partition coefficient (Wildman–Crippen LogP) is -0.166. The van der Waals surface area contributed by atoms with Crippen LogP contribution in [0.15, 0.2) is 34.0 Å². The largest absolute Gasteiger partial charge is 0.331 e. The molecule has 26 heavy (non-hydrogen) atoms. The molecular formula is C17H18N4O4S. The third-order valence-corrected chi connectivity index (χ3v) is 6.55. The molecule has 0 unspecified atom stereocenters. The van der Waals surface area contributed by atoms with Gasteiger partial charge < -0.3 is 4.90 Å². The van der Waals surface area contributed by atoms with Crippen molar-refractivity contribution in [2.24, 2.45) is 7.05 Å². The molecule has 2 aliphatic rings. The summed E-state index contributed by atoms with van der Waals surface area (Å²) in [6.45, 7) is 2.09. The van der Waals surface area contributed by atoms with Gasteiger partial charge in [-0.05, 0) is 25.0 Å². The Morgan fingerprint density at radius 3 is 2.77 bits per heavy atom. The Morgan fingerprint density at radius 1 is 1.27 bits per heavy atom. The number of sulfonamides is 1. The van der Waals surface area contributed by atoms with Gasteiger partial charge in [-0.15, -0.1) is 0 Å². The standard InChI is InChI=1S/C17H18N4O4S/c1-10-18-14-9-21(8-12(14)16(22)20(10)2)17(23)13-7-11-5-3-4-6-15(11)26(24,25)19-13/h3-6,13,19H,7-9H2,1-2H3/t13-/m0/s1. The van der Waals surface area contributed by atoms with Crippen molar-refractivity contribution in [2.45, 2.75) is 37.4 Å². The Labute approximate surface area is 150 Å². The van der Waals surface area contributed by atoms with Crippen molar-refractivity contribution in [1.29, 1.82) is 0 Å². The molecule has 9 heteroatoms. The van der Waals surface area contributed by atoms with Crippen LogP contribution in [0.2, 0.25) is 0 Å². The van der Waals surface area contributed by atoms with Crippen molar-refractivity contribution in [2.75, 3.05) is 0 Å². The van der Waals surface area contributed by atoms with Gasteiger partial charge in [-0.3, -0.25) is 14.2 Å². The van der Waals surface area contributed by atoms with Crippen molar-refractivity contribution in [1.82, 2.24) is 19.2 Å². The quantitative estimate of drug-likeness (QED) is 0.747. The zero-order valence-corrected chi connectivity index (χ0v) is 15.2. The number of hydrogen-bond donors (Lipinski definition) is 1. The second-order valence-electron chi connectivity index (χ2n) is 6.63. The van der Waals surface area contributed by atoms with Gasteiger partial charge in [0.25, 0.3) is 5.56 Å². The molecule has 1 aromatic carbocycles. The first-order valence-corrected chi connectivity index (χ1v) is 9.70. The van der Waals surface area contributed by atoms with Crippen LogP contribution in [0, 0.1) is 6.92 Å². The summed E-state index contributed by atoms with van der Waals surface area (Å²) < 4.78 is 28.8. The van der Waals surface area contributed by atoms with Crippen LogP contribution >= 0.6 is 0 Å². The van der Waals surface area contributed by atoms with E-state index in [2.05, 4.69) is 9.71 Å². The number of benzene rings is 1. The number of amides is 1. The second-order valence-corrected chi connectivity index (χ2v) is 8.31. The van der Waals surface area contributed by atoms with Crippen molar-refractivity contribution in [3.05, 3.63) is 57.3 Å². The number of rotatable bonds is 1. The van der Waals surface area contributed by atoms with Crippen LogP contribution in [0.1, 0.15) is 22.6 Å². The van der Waals surface area contributed by atoms with Crippen LogP contribution in [0.25, 0.3) is 0 Å². The first-order chi connectivity index (χ1) is 12.3. The number of carbonyl (C=O) groups excluding carboxylic acids is 1. The average molecular weight is 374 g/mol. The van der Waals surface area contributed by atoms with E-state index in [1.165, 1.54) is 15.5 Å². The smallest absolute Gasteiger partial charge is 0.258 e. The topological polar surface area (TPSA) is 101 Å². The molecule has 8 nitrogen and oxygen atoms in total. The SMILES string of the molecule is Cc1nc2c(c(=O)n1C)CN(C(=O)[C@@H]1Cc3ccccc3S(=O)(=O)N1)C2. The highest BCUT2D eigenvalue weighted by atomic mass is 32.2. The van der Waals surface area contributed by atoms with E-state index in [0.29, 0.717) is 22.6 Å². The van der Waals surface area contributed by atoms with Crippen LogP contribution in [0.3, 0.4) is 0 Å². The predicted molar refractivity (Wildman–Crippen MR) is 92.7 cm³/mol. The Morgan fingerprint density at radius 2 is 2.00 bits per heavy atom. The minimum absolute atomic E-state index is 0.147. The van der Waals surface area contributed by atoms with Gasteiger partial charge in [0.05, 0.1) is 29.2 Å². The van der Waals surface area contributed by atoms with Crippen molar-refractivity contribution in [3.8, 4) is 0 Å². The lowest BCUT2D eigenvalue weighted by Crippen LogP contribution is -2.50. The zero-order valence-electron chi connectivity index (χ0n) is 14.4. The molecule has 3 heterocycles. The number of fused-ring (bicyclic) bond motifs is 2. The Balaban J connectivity index is 1.63. The second kappa shape index (κ2) is 5.75. The van der Waals surface area contributed by atoms with Gasteiger partial charge in [-0.25, -0.2) is 13.4 Å². The molecule has 136 valence electrons. The molecule has 0 aliphatic carbocycles. The molecule has 0 radical (unpaired) electrons. The molecule has 2 aliphatic heterocycles. The van der Waals surface area contributed by atoms with E-state index < -0.39 is 16.1 Å². The molecule has 2 aromatic rings. The molecule has 1 amide bonds. The maximum Gasteiger partial charge on any atom is 0.258 e. The van der Waals surface area contributed by atoms with Crippen LogP contribution in [-0.2, 0) is 41.4 Å². The summed E-state index contributed by atoms with van der Waals surface area (Å²) in [6, 6.07) is 5.77. The van der Waals surface area contributed by atoms with E-state index in [1.54, 1.807) is 32.2 Å². The molecule has 4 rings (SSSR count). The Hall–Kier alpha value is -2.52. The van der Waals surface area contributed by atoms with Crippen molar-refractivity contribution >= 4 is 15.9 Å². The maximum absolute atomic E-state index is 12.9. The number of aryl methyl sites for hydroxylation is 1. The number of aromatic nitrogens is 2. The van der Waals surface area contributed by atoms with Crippen LogP contribution in [0.5, 0.6) is 0 Å². The van der Waals surface area contributed by atoms with Gasteiger partial charge in [0, 0.05) is 7.05 Å². The molecular weight excluding hydrogens is 356 g/mol. The normalized spacial score (nSPS) is 20.5. The number of hydrogen-bond acceptors (Lipinski definition) is 5. The summed E-state index contributed by atoms with van der Waals surface area (Å²) in [6.07, 6.45) is 0.283. The van der Waals surface area contributed by atoms with Gasteiger partial charge in [0.2, 0.25) is 15.9 Å². The van der Waals surface area contributed by atoms with E-state index in [1.807, 2.05) is 0 Å². The van der Waals surface area contributed by atoms with Crippen molar-refractivity contribution in [3.63, 3.8) is 0 Å². The summed E-state index contributed by atoms with van der Waals surface area (Å²) >= 11 is 0. The maximum atomic E-state index is 12.9. The van der Waals surface area contributed by atoms with E-state index in [0.717, 1.165) is 0 Å². The summed E-state index contributed by atoms with van der Waals surface area (Å²) in [5, 5.41) is 0. The van der Waals surface area contributed by atoms with Gasteiger partial charge >= 0.3 is 0 Å². The molecule has 1 atom stereocenters. The zero-order chi connectivity index (χ0) is 18.6. The van der Waals surface area contributed by atoms with Crippen molar-refractivity contribution < 1.29 is 13.2 Å². The van der Waals surface area contributed by atoms with E-state index in [4.69, 9.17) is 0 Å². The molecule has 1 aromatic heterocycles. The lowest BCUT2D eigenvalue weighted by atomic mass is 10.1. The molecule has 0 saturated carbocycles. The lowest BCUT2D eigenvalue weighted by molar-refractivity contribution is -0.133.